The van der Waals surface area contributed by atoms with Gasteiger partial charge in [0.2, 0.25) is 11.8 Å². The lowest BCUT2D eigenvalue weighted by Crippen LogP contribution is -2.54. The Labute approximate surface area is 189 Å². The Balaban J connectivity index is 1.64. The maximum absolute atomic E-state index is 13.3. The maximum Gasteiger partial charge on any atom is 0.251 e. The standard InChI is InChI=1S/C25H31N3O4/c1-17(2)22(27-23(29)18-11-13-21(32-3)14-12-18)25(31)28-15-7-8-19(16-28)24(30)26-20-9-5-4-6-10-20/h4-6,9-14,17,19,22H,7-8,15-16H2,1-3H3,(H,26,30)(H,27,29). The van der Waals surface area contributed by atoms with Gasteiger partial charge in [-0.2, -0.15) is 0 Å². The lowest BCUT2D eigenvalue weighted by atomic mass is 9.94. The molecular formula is C25H31N3O4. The third kappa shape index (κ3) is 5.87. The van der Waals surface area contributed by atoms with Crippen LogP contribution < -0.4 is 15.4 Å². The Morgan fingerprint density at radius 3 is 2.34 bits per heavy atom. The zero-order chi connectivity index (χ0) is 23.1. The lowest BCUT2D eigenvalue weighted by Gasteiger charge is -2.35. The number of anilines is 1. The van der Waals surface area contributed by atoms with Gasteiger partial charge in [-0.05, 0) is 55.2 Å². The summed E-state index contributed by atoms with van der Waals surface area (Å²) in [5, 5.41) is 5.81. The third-order valence-corrected chi connectivity index (χ3v) is 5.72. The van der Waals surface area contributed by atoms with Gasteiger partial charge in [0.1, 0.15) is 11.8 Å². The molecule has 2 N–H and O–H groups in total. The molecule has 3 rings (SSSR count). The molecular weight excluding hydrogens is 406 g/mol. The van der Waals surface area contributed by atoms with Crippen LogP contribution in [0, 0.1) is 11.8 Å². The van der Waals surface area contributed by atoms with Gasteiger partial charge in [-0.1, -0.05) is 32.0 Å². The third-order valence-electron chi connectivity index (χ3n) is 5.72. The highest BCUT2D eigenvalue weighted by Gasteiger charge is 2.34. The molecule has 0 spiro atoms. The second-order valence-electron chi connectivity index (χ2n) is 8.40. The number of rotatable bonds is 7. The molecule has 0 bridgehead atoms. The molecule has 2 atom stereocenters. The summed E-state index contributed by atoms with van der Waals surface area (Å²) in [5.74, 6) is -0.265. The monoisotopic (exact) mass is 437 g/mol. The van der Waals surface area contributed by atoms with E-state index in [1.54, 1.807) is 36.3 Å². The van der Waals surface area contributed by atoms with E-state index in [0.29, 0.717) is 24.4 Å². The van der Waals surface area contributed by atoms with E-state index in [9.17, 15) is 14.4 Å². The number of nitrogens with zero attached hydrogens (tertiary/aromatic N) is 1. The van der Waals surface area contributed by atoms with Gasteiger partial charge >= 0.3 is 0 Å². The van der Waals surface area contributed by atoms with Gasteiger partial charge in [0.25, 0.3) is 5.91 Å². The van der Waals surface area contributed by atoms with E-state index in [-0.39, 0.29) is 29.6 Å². The number of methoxy groups -OCH3 is 1. The highest BCUT2D eigenvalue weighted by molar-refractivity contribution is 5.98. The van der Waals surface area contributed by atoms with Crippen LogP contribution in [0.25, 0.3) is 0 Å². The number of para-hydroxylation sites is 1. The number of hydrogen-bond donors (Lipinski definition) is 2. The number of likely N-dealkylation sites (tertiary alicyclic amines) is 1. The normalized spacial score (nSPS) is 16.9. The summed E-state index contributed by atoms with van der Waals surface area (Å²) in [4.78, 5) is 40.5. The van der Waals surface area contributed by atoms with Crippen LogP contribution in [0.1, 0.15) is 37.0 Å². The van der Waals surface area contributed by atoms with E-state index in [0.717, 1.165) is 18.5 Å². The Bertz CT molecular complexity index is 928. The molecule has 3 amide bonds. The fraction of sp³-hybridized carbons (Fsp3) is 0.400. The van der Waals surface area contributed by atoms with Crippen molar-refractivity contribution in [2.24, 2.45) is 11.8 Å². The number of carbonyl (C=O) groups excluding carboxylic acids is 3. The molecule has 170 valence electrons. The quantitative estimate of drug-likeness (QED) is 0.696. The number of nitrogens with one attached hydrogen (secondary N) is 2. The topological polar surface area (TPSA) is 87.7 Å². The molecule has 32 heavy (non-hydrogen) atoms. The fourth-order valence-corrected chi connectivity index (χ4v) is 3.83. The molecule has 7 nitrogen and oxygen atoms in total. The first-order valence-electron chi connectivity index (χ1n) is 11.0. The lowest BCUT2D eigenvalue weighted by molar-refractivity contribution is -0.137. The largest absolute Gasteiger partial charge is 0.497 e. The van der Waals surface area contributed by atoms with Crippen molar-refractivity contribution in [2.45, 2.75) is 32.7 Å². The first kappa shape index (κ1) is 23.3. The highest BCUT2D eigenvalue weighted by atomic mass is 16.5. The van der Waals surface area contributed by atoms with Gasteiger partial charge in [0, 0.05) is 24.3 Å². The zero-order valence-corrected chi connectivity index (χ0v) is 18.8. The van der Waals surface area contributed by atoms with Crippen LogP contribution in [0.3, 0.4) is 0 Å². The molecule has 2 aromatic carbocycles. The van der Waals surface area contributed by atoms with E-state index in [1.807, 2.05) is 44.2 Å². The van der Waals surface area contributed by atoms with E-state index in [1.165, 1.54) is 0 Å². The van der Waals surface area contributed by atoms with Crippen LogP contribution in [0.5, 0.6) is 5.75 Å². The van der Waals surface area contributed by atoms with Crippen LogP contribution in [-0.4, -0.2) is 48.9 Å². The van der Waals surface area contributed by atoms with Crippen LogP contribution in [0.4, 0.5) is 5.69 Å². The van der Waals surface area contributed by atoms with Crippen LogP contribution >= 0.6 is 0 Å². The van der Waals surface area contributed by atoms with Gasteiger partial charge < -0.3 is 20.3 Å². The van der Waals surface area contributed by atoms with Gasteiger partial charge in [0.15, 0.2) is 0 Å². The van der Waals surface area contributed by atoms with Crippen molar-refractivity contribution >= 4 is 23.4 Å². The Kier molecular flexibility index (Phi) is 7.87. The van der Waals surface area contributed by atoms with Gasteiger partial charge in [0.05, 0.1) is 13.0 Å². The minimum Gasteiger partial charge on any atom is -0.497 e. The minimum absolute atomic E-state index is 0.0861. The minimum atomic E-state index is -0.666. The van der Waals surface area contributed by atoms with Crippen molar-refractivity contribution < 1.29 is 19.1 Å². The summed E-state index contributed by atoms with van der Waals surface area (Å²) in [6.07, 6.45) is 1.48. The molecule has 1 fully saturated rings. The molecule has 1 saturated heterocycles. The van der Waals surface area contributed by atoms with E-state index >= 15 is 0 Å². The second kappa shape index (κ2) is 10.8. The molecule has 2 aromatic rings. The predicted molar refractivity (Wildman–Crippen MR) is 123 cm³/mol. The van der Waals surface area contributed by atoms with Crippen molar-refractivity contribution in [3.8, 4) is 5.75 Å². The van der Waals surface area contributed by atoms with Gasteiger partial charge in [-0.25, -0.2) is 0 Å². The maximum atomic E-state index is 13.3. The van der Waals surface area contributed by atoms with Crippen LogP contribution in [0.2, 0.25) is 0 Å². The van der Waals surface area contributed by atoms with Crippen LogP contribution in [-0.2, 0) is 9.59 Å². The smallest absolute Gasteiger partial charge is 0.251 e. The summed E-state index contributed by atoms with van der Waals surface area (Å²) in [6.45, 7) is 4.73. The van der Waals surface area contributed by atoms with E-state index in [4.69, 9.17) is 4.74 Å². The van der Waals surface area contributed by atoms with Crippen molar-refractivity contribution in [3.05, 3.63) is 60.2 Å². The Hall–Kier alpha value is -3.35. The van der Waals surface area contributed by atoms with Crippen molar-refractivity contribution in [2.75, 3.05) is 25.5 Å². The SMILES string of the molecule is COc1ccc(C(=O)NC(C(=O)N2CCCC(C(=O)Nc3ccccc3)C2)C(C)C)cc1. The average Bonchev–Trinajstić information content (AvgIpc) is 2.82. The molecule has 1 heterocycles. The van der Waals surface area contributed by atoms with Crippen LogP contribution in [0.15, 0.2) is 54.6 Å². The Morgan fingerprint density at radius 1 is 1.03 bits per heavy atom. The summed E-state index contributed by atoms with van der Waals surface area (Å²) in [7, 11) is 1.56. The summed E-state index contributed by atoms with van der Waals surface area (Å²) in [6, 6.07) is 15.4. The zero-order valence-electron chi connectivity index (χ0n) is 18.8. The number of carbonyl (C=O) groups is 3. The van der Waals surface area contributed by atoms with Crippen molar-refractivity contribution in [1.29, 1.82) is 0 Å². The summed E-state index contributed by atoms with van der Waals surface area (Å²) < 4.78 is 5.13. The van der Waals surface area contributed by atoms with E-state index in [2.05, 4.69) is 10.6 Å². The van der Waals surface area contributed by atoms with Gasteiger partial charge in [-0.15, -0.1) is 0 Å². The van der Waals surface area contributed by atoms with Gasteiger partial charge in [-0.3, -0.25) is 14.4 Å². The Morgan fingerprint density at radius 2 is 1.72 bits per heavy atom. The second-order valence-corrected chi connectivity index (χ2v) is 8.40. The molecule has 1 aliphatic rings. The van der Waals surface area contributed by atoms with Crippen molar-refractivity contribution in [3.63, 3.8) is 0 Å². The number of ether oxygens (including phenoxy) is 1. The molecule has 0 radical (unpaired) electrons. The average molecular weight is 438 g/mol. The molecule has 2 unspecified atom stereocenters. The molecule has 0 aliphatic carbocycles. The number of amides is 3. The molecule has 1 aliphatic heterocycles. The van der Waals surface area contributed by atoms with Crippen molar-refractivity contribution in [1.82, 2.24) is 10.2 Å². The fourth-order valence-electron chi connectivity index (χ4n) is 3.83. The predicted octanol–water partition coefficient (Wildman–Crippen LogP) is 3.33. The number of benzene rings is 2. The molecule has 0 aromatic heterocycles. The number of piperidine rings is 1. The first-order valence-corrected chi connectivity index (χ1v) is 11.0. The molecule has 0 saturated carbocycles. The first-order chi connectivity index (χ1) is 15.4. The molecule has 7 heteroatoms. The summed E-state index contributed by atoms with van der Waals surface area (Å²) >= 11 is 0. The highest BCUT2D eigenvalue weighted by Crippen LogP contribution is 2.21. The summed E-state index contributed by atoms with van der Waals surface area (Å²) in [5.41, 5.74) is 1.20. The number of hydrogen-bond acceptors (Lipinski definition) is 4. The van der Waals surface area contributed by atoms with E-state index < -0.39 is 6.04 Å².